The third kappa shape index (κ3) is 6.32. The maximum Gasteiger partial charge on any atom is 0.128 e. The minimum atomic E-state index is 0.702. The van der Waals surface area contributed by atoms with E-state index in [1.807, 2.05) is 6.20 Å². The summed E-state index contributed by atoms with van der Waals surface area (Å²) in [6.45, 7) is 7.18. The number of hydrogen-bond donors (Lipinski definition) is 1. The zero-order chi connectivity index (χ0) is 14.6. The summed E-state index contributed by atoms with van der Waals surface area (Å²) in [6.07, 6.45) is 2.93. The Hall–Kier alpha value is -1.17. The van der Waals surface area contributed by atoms with E-state index in [1.165, 1.54) is 5.56 Å². The molecule has 0 aliphatic heterocycles. The highest BCUT2D eigenvalue weighted by Gasteiger charge is 2.07. The fraction of sp³-hybridized carbons (Fsp3) is 0.667. The molecule has 0 unspecified atom stereocenters. The maximum absolute atomic E-state index is 5.17. The summed E-state index contributed by atoms with van der Waals surface area (Å²) in [5, 5.41) is 3.30. The Kier molecular flexibility index (Phi) is 8.95. The van der Waals surface area contributed by atoms with Gasteiger partial charge in [-0.25, -0.2) is 4.98 Å². The van der Waals surface area contributed by atoms with Crippen molar-refractivity contribution in [1.29, 1.82) is 0 Å². The first-order valence-electron chi connectivity index (χ1n) is 7.20. The summed E-state index contributed by atoms with van der Waals surface area (Å²) >= 11 is 0. The first-order valence-corrected chi connectivity index (χ1v) is 7.20. The summed E-state index contributed by atoms with van der Waals surface area (Å²) in [5.74, 6) is 0.999. The van der Waals surface area contributed by atoms with Crippen molar-refractivity contribution >= 4 is 5.82 Å². The molecule has 1 N–H and O–H groups in total. The molecular weight excluding hydrogens is 254 g/mol. The first-order chi connectivity index (χ1) is 9.81. The summed E-state index contributed by atoms with van der Waals surface area (Å²) in [5.41, 5.74) is 1.21. The SMILES string of the molecule is CCNCc1ccc(N(CCCOC)CCOC)nc1. The van der Waals surface area contributed by atoms with Gasteiger partial charge in [0.1, 0.15) is 5.82 Å². The van der Waals surface area contributed by atoms with Crippen LogP contribution in [0.25, 0.3) is 0 Å². The normalized spacial score (nSPS) is 10.8. The molecule has 5 heteroatoms. The Morgan fingerprint density at radius 1 is 1.15 bits per heavy atom. The van der Waals surface area contributed by atoms with E-state index >= 15 is 0 Å². The molecule has 0 fully saturated rings. The molecule has 1 aromatic rings. The number of nitrogens with zero attached hydrogens (tertiary/aromatic N) is 2. The molecule has 114 valence electrons. The second kappa shape index (κ2) is 10.6. The maximum atomic E-state index is 5.17. The average Bonchev–Trinajstić information content (AvgIpc) is 2.49. The van der Waals surface area contributed by atoms with Crippen LogP contribution in [-0.2, 0) is 16.0 Å². The Bertz CT molecular complexity index is 343. The predicted molar refractivity (Wildman–Crippen MR) is 82.2 cm³/mol. The number of methoxy groups -OCH3 is 2. The molecule has 20 heavy (non-hydrogen) atoms. The van der Waals surface area contributed by atoms with Crippen LogP contribution in [0.3, 0.4) is 0 Å². The molecule has 1 rings (SSSR count). The average molecular weight is 281 g/mol. The van der Waals surface area contributed by atoms with Crippen LogP contribution in [0.1, 0.15) is 18.9 Å². The molecule has 0 aromatic carbocycles. The van der Waals surface area contributed by atoms with E-state index in [2.05, 4.69) is 34.3 Å². The second-order valence-corrected chi connectivity index (χ2v) is 4.63. The van der Waals surface area contributed by atoms with Crippen molar-refractivity contribution in [1.82, 2.24) is 10.3 Å². The Morgan fingerprint density at radius 2 is 1.95 bits per heavy atom. The van der Waals surface area contributed by atoms with Crippen molar-refractivity contribution < 1.29 is 9.47 Å². The fourth-order valence-corrected chi connectivity index (χ4v) is 1.92. The van der Waals surface area contributed by atoms with Crippen molar-refractivity contribution in [2.75, 3.05) is 52.0 Å². The number of rotatable bonds is 11. The van der Waals surface area contributed by atoms with Crippen LogP contribution in [0.4, 0.5) is 5.82 Å². The molecule has 0 saturated heterocycles. The smallest absolute Gasteiger partial charge is 0.128 e. The van der Waals surface area contributed by atoms with Gasteiger partial charge in [0.05, 0.1) is 6.61 Å². The van der Waals surface area contributed by atoms with E-state index in [4.69, 9.17) is 9.47 Å². The largest absolute Gasteiger partial charge is 0.385 e. The van der Waals surface area contributed by atoms with Crippen molar-refractivity contribution in [3.63, 3.8) is 0 Å². The standard InChI is InChI=1S/C15H27N3O2/c1-4-16-12-14-6-7-15(17-13-14)18(9-11-20-3)8-5-10-19-2/h6-7,13,16H,4-5,8-12H2,1-3H3. The van der Waals surface area contributed by atoms with Gasteiger partial charge in [-0.2, -0.15) is 0 Å². The van der Waals surface area contributed by atoms with Gasteiger partial charge in [0.2, 0.25) is 0 Å². The lowest BCUT2D eigenvalue weighted by Crippen LogP contribution is -2.29. The molecule has 5 nitrogen and oxygen atoms in total. The first kappa shape index (κ1) is 16.9. The molecule has 1 aromatic heterocycles. The van der Waals surface area contributed by atoms with Crippen molar-refractivity contribution in [3.8, 4) is 0 Å². The molecule has 1 heterocycles. The monoisotopic (exact) mass is 281 g/mol. The van der Waals surface area contributed by atoms with E-state index in [-0.39, 0.29) is 0 Å². The summed E-state index contributed by atoms with van der Waals surface area (Å²) < 4.78 is 10.3. The Balaban J connectivity index is 2.58. The van der Waals surface area contributed by atoms with Crippen LogP contribution in [0.5, 0.6) is 0 Å². The predicted octanol–water partition coefficient (Wildman–Crippen LogP) is 1.68. The topological polar surface area (TPSA) is 46.6 Å². The molecule has 0 amide bonds. The minimum absolute atomic E-state index is 0.702. The number of ether oxygens (including phenoxy) is 2. The van der Waals surface area contributed by atoms with Gasteiger partial charge in [0.25, 0.3) is 0 Å². The summed E-state index contributed by atoms with van der Waals surface area (Å²) in [7, 11) is 3.45. The Labute approximate surface area is 122 Å². The lowest BCUT2D eigenvalue weighted by atomic mass is 10.2. The second-order valence-electron chi connectivity index (χ2n) is 4.63. The molecule has 0 saturated carbocycles. The highest BCUT2D eigenvalue weighted by atomic mass is 16.5. The molecule has 0 bridgehead atoms. The Morgan fingerprint density at radius 3 is 2.55 bits per heavy atom. The quantitative estimate of drug-likeness (QED) is 0.625. The van der Waals surface area contributed by atoms with E-state index < -0.39 is 0 Å². The van der Waals surface area contributed by atoms with Crippen molar-refractivity contribution in [2.45, 2.75) is 19.9 Å². The molecular formula is C15H27N3O2. The van der Waals surface area contributed by atoms with E-state index in [9.17, 15) is 0 Å². The number of nitrogens with one attached hydrogen (secondary N) is 1. The van der Waals surface area contributed by atoms with Crippen LogP contribution in [0.2, 0.25) is 0 Å². The van der Waals surface area contributed by atoms with Gasteiger partial charge in [-0.3, -0.25) is 0 Å². The minimum Gasteiger partial charge on any atom is -0.385 e. The molecule has 0 aliphatic carbocycles. The van der Waals surface area contributed by atoms with Crippen LogP contribution < -0.4 is 10.2 Å². The van der Waals surface area contributed by atoms with E-state index in [0.29, 0.717) is 6.61 Å². The van der Waals surface area contributed by atoms with Crippen LogP contribution in [0, 0.1) is 0 Å². The molecule has 0 spiro atoms. The highest BCUT2D eigenvalue weighted by Crippen LogP contribution is 2.12. The molecule has 0 atom stereocenters. The van der Waals surface area contributed by atoms with Gasteiger partial charge in [0, 0.05) is 46.7 Å². The van der Waals surface area contributed by atoms with E-state index in [0.717, 1.165) is 45.0 Å². The zero-order valence-corrected chi connectivity index (χ0v) is 12.9. The van der Waals surface area contributed by atoms with Gasteiger partial charge in [-0.1, -0.05) is 13.0 Å². The van der Waals surface area contributed by atoms with Crippen molar-refractivity contribution in [2.24, 2.45) is 0 Å². The summed E-state index contributed by atoms with van der Waals surface area (Å²) in [4.78, 5) is 6.79. The molecule has 0 radical (unpaired) electrons. The van der Waals surface area contributed by atoms with E-state index in [1.54, 1.807) is 14.2 Å². The van der Waals surface area contributed by atoms with Gasteiger partial charge in [-0.05, 0) is 24.6 Å². The number of pyridine rings is 1. The fourth-order valence-electron chi connectivity index (χ4n) is 1.92. The third-order valence-corrected chi connectivity index (χ3v) is 3.05. The van der Waals surface area contributed by atoms with Crippen LogP contribution >= 0.6 is 0 Å². The third-order valence-electron chi connectivity index (χ3n) is 3.05. The lowest BCUT2D eigenvalue weighted by molar-refractivity contribution is 0.191. The molecule has 0 aliphatic rings. The zero-order valence-electron chi connectivity index (χ0n) is 12.9. The highest BCUT2D eigenvalue weighted by molar-refractivity contribution is 5.39. The van der Waals surface area contributed by atoms with Gasteiger partial charge < -0.3 is 19.7 Å². The summed E-state index contributed by atoms with van der Waals surface area (Å²) in [6, 6.07) is 4.20. The van der Waals surface area contributed by atoms with Gasteiger partial charge in [0.15, 0.2) is 0 Å². The van der Waals surface area contributed by atoms with Crippen LogP contribution in [-0.4, -0.2) is 52.1 Å². The van der Waals surface area contributed by atoms with Gasteiger partial charge in [-0.15, -0.1) is 0 Å². The van der Waals surface area contributed by atoms with Crippen LogP contribution in [0.15, 0.2) is 18.3 Å². The number of anilines is 1. The lowest BCUT2D eigenvalue weighted by Gasteiger charge is -2.23. The number of hydrogen-bond acceptors (Lipinski definition) is 5. The van der Waals surface area contributed by atoms with Crippen molar-refractivity contribution in [3.05, 3.63) is 23.9 Å². The number of aromatic nitrogens is 1. The van der Waals surface area contributed by atoms with Gasteiger partial charge >= 0.3 is 0 Å².